The van der Waals surface area contributed by atoms with Gasteiger partial charge in [-0.15, -0.1) is 11.3 Å². The Morgan fingerprint density at radius 1 is 0.853 bits per heavy atom. The summed E-state index contributed by atoms with van der Waals surface area (Å²) in [5.74, 6) is -0.219. The summed E-state index contributed by atoms with van der Waals surface area (Å²) in [5, 5.41) is 3.85. The van der Waals surface area contributed by atoms with Crippen molar-refractivity contribution < 1.29 is 4.79 Å². The molecule has 4 nitrogen and oxygen atoms in total. The van der Waals surface area contributed by atoms with Crippen LogP contribution in [0.1, 0.15) is 26.4 Å². The molecule has 2 heterocycles. The highest BCUT2D eigenvalue weighted by atomic mass is 32.1. The number of aromatic nitrogens is 1. The fraction of sp³-hybridized carbons (Fsp3) is 0.103. The number of fused-ring (bicyclic) bond motifs is 1. The number of hydrogen-bond acceptors (Lipinski definition) is 4. The number of nitrogens with one attached hydrogen (secondary N) is 1. The normalized spacial score (nSPS) is 11.0. The minimum absolute atomic E-state index is 0.219. The Bertz CT molecular complexity index is 1520. The lowest BCUT2D eigenvalue weighted by atomic mass is 9.99. The van der Waals surface area contributed by atoms with Gasteiger partial charge in [-0.1, -0.05) is 77.9 Å². The second-order valence-electron chi connectivity index (χ2n) is 8.58. The van der Waals surface area contributed by atoms with E-state index in [1.165, 1.54) is 16.9 Å². The van der Waals surface area contributed by atoms with Crippen LogP contribution >= 0.6 is 11.3 Å². The SMILES string of the molecule is Cc1ccc(-c2cc(-c3ccccc3)c3c(N)c(C(=O)Nc4ccc(C)cc4C)sc3n2)cc1. The average molecular weight is 464 g/mol. The Morgan fingerprint density at radius 3 is 2.26 bits per heavy atom. The van der Waals surface area contributed by atoms with E-state index in [0.29, 0.717) is 10.6 Å². The summed E-state index contributed by atoms with van der Waals surface area (Å²) < 4.78 is 0. The standard InChI is InChI=1S/C29H25N3OS/c1-17-9-12-21(13-10-17)24-16-22(20-7-5-4-6-8-20)25-26(30)27(34-29(25)32-24)28(33)31-23-14-11-18(2)15-19(23)3/h4-16H,30H2,1-3H3,(H,31,33). The number of thiophene rings is 1. The van der Waals surface area contributed by atoms with Crippen molar-refractivity contribution in [3.63, 3.8) is 0 Å². The molecule has 3 aromatic carbocycles. The first-order chi connectivity index (χ1) is 16.4. The van der Waals surface area contributed by atoms with E-state index in [0.717, 1.165) is 49.4 Å². The molecule has 0 bridgehead atoms. The molecule has 0 aliphatic heterocycles. The molecule has 2 aromatic heterocycles. The maximum Gasteiger partial charge on any atom is 0.267 e. The van der Waals surface area contributed by atoms with Gasteiger partial charge in [0.1, 0.15) is 9.71 Å². The molecule has 34 heavy (non-hydrogen) atoms. The van der Waals surface area contributed by atoms with E-state index in [4.69, 9.17) is 10.7 Å². The molecule has 0 fully saturated rings. The predicted molar refractivity (Wildman–Crippen MR) is 144 cm³/mol. The van der Waals surface area contributed by atoms with Crippen molar-refractivity contribution in [1.82, 2.24) is 4.98 Å². The van der Waals surface area contributed by atoms with Crippen molar-refractivity contribution in [2.45, 2.75) is 20.8 Å². The van der Waals surface area contributed by atoms with E-state index < -0.39 is 0 Å². The Balaban J connectivity index is 1.66. The number of nitrogens with zero attached hydrogens (tertiary/aromatic N) is 1. The molecule has 0 radical (unpaired) electrons. The summed E-state index contributed by atoms with van der Waals surface area (Å²) >= 11 is 1.33. The van der Waals surface area contributed by atoms with E-state index in [1.54, 1.807) is 0 Å². The van der Waals surface area contributed by atoms with Gasteiger partial charge in [-0.3, -0.25) is 4.79 Å². The largest absolute Gasteiger partial charge is 0.397 e. The fourth-order valence-corrected chi connectivity index (χ4v) is 5.16. The van der Waals surface area contributed by atoms with Crippen molar-refractivity contribution in [2.75, 3.05) is 11.1 Å². The second kappa shape index (κ2) is 8.76. The molecule has 5 heteroatoms. The Kier molecular flexibility index (Phi) is 5.64. The van der Waals surface area contributed by atoms with Gasteiger partial charge < -0.3 is 11.1 Å². The van der Waals surface area contributed by atoms with Crippen LogP contribution in [0.4, 0.5) is 11.4 Å². The molecular weight excluding hydrogens is 438 g/mol. The van der Waals surface area contributed by atoms with Crippen LogP contribution in [0.2, 0.25) is 0 Å². The van der Waals surface area contributed by atoms with Crippen molar-refractivity contribution in [3.8, 4) is 22.4 Å². The van der Waals surface area contributed by atoms with E-state index in [1.807, 2.05) is 50.2 Å². The van der Waals surface area contributed by atoms with Gasteiger partial charge in [-0.2, -0.15) is 0 Å². The third-order valence-corrected chi connectivity index (χ3v) is 7.07. The topological polar surface area (TPSA) is 68.0 Å². The van der Waals surface area contributed by atoms with Crippen molar-refractivity contribution >= 4 is 38.8 Å². The van der Waals surface area contributed by atoms with Crippen LogP contribution in [-0.2, 0) is 0 Å². The Hall–Kier alpha value is -3.96. The number of hydrogen-bond donors (Lipinski definition) is 2. The quantitative estimate of drug-likeness (QED) is 0.292. The Morgan fingerprint density at radius 2 is 1.56 bits per heavy atom. The third-order valence-electron chi connectivity index (χ3n) is 5.97. The van der Waals surface area contributed by atoms with Gasteiger partial charge in [0, 0.05) is 16.6 Å². The summed E-state index contributed by atoms with van der Waals surface area (Å²) in [5.41, 5.74) is 15.1. The maximum absolute atomic E-state index is 13.3. The van der Waals surface area contributed by atoms with Crippen LogP contribution in [-0.4, -0.2) is 10.9 Å². The molecule has 0 atom stereocenters. The van der Waals surface area contributed by atoms with Crippen LogP contribution in [0.25, 0.3) is 32.6 Å². The van der Waals surface area contributed by atoms with E-state index in [2.05, 4.69) is 54.7 Å². The number of nitrogens with two attached hydrogens (primary N) is 1. The molecule has 3 N–H and O–H groups in total. The van der Waals surface area contributed by atoms with Gasteiger partial charge in [0.2, 0.25) is 0 Å². The molecule has 0 saturated carbocycles. The van der Waals surface area contributed by atoms with Crippen LogP contribution in [0.15, 0.2) is 78.9 Å². The number of benzene rings is 3. The molecule has 5 aromatic rings. The number of carbonyl (C=O) groups excluding carboxylic acids is 1. The number of anilines is 2. The lowest BCUT2D eigenvalue weighted by Crippen LogP contribution is -2.12. The first kappa shape index (κ1) is 21.9. The van der Waals surface area contributed by atoms with Gasteiger partial charge in [-0.05, 0) is 49.6 Å². The van der Waals surface area contributed by atoms with Gasteiger partial charge in [0.15, 0.2) is 0 Å². The van der Waals surface area contributed by atoms with Crippen LogP contribution in [0, 0.1) is 20.8 Å². The number of rotatable bonds is 4. The van der Waals surface area contributed by atoms with Crippen LogP contribution in [0.3, 0.4) is 0 Å². The maximum atomic E-state index is 13.3. The number of carbonyl (C=O) groups is 1. The molecule has 0 aliphatic carbocycles. The zero-order chi connectivity index (χ0) is 23.8. The van der Waals surface area contributed by atoms with Crippen LogP contribution in [0.5, 0.6) is 0 Å². The lowest BCUT2D eigenvalue weighted by Gasteiger charge is -2.10. The minimum Gasteiger partial charge on any atom is -0.397 e. The average Bonchev–Trinajstić information content (AvgIpc) is 3.18. The van der Waals surface area contributed by atoms with Gasteiger partial charge in [0.05, 0.1) is 11.4 Å². The first-order valence-electron chi connectivity index (χ1n) is 11.1. The van der Waals surface area contributed by atoms with Crippen LogP contribution < -0.4 is 11.1 Å². The lowest BCUT2D eigenvalue weighted by molar-refractivity contribution is 0.103. The monoisotopic (exact) mass is 463 g/mol. The molecule has 0 aliphatic rings. The van der Waals surface area contributed by atoms with E-state index in [-0.39, 0.29) is 5.91 Å². The summed E-state index contributed by atoms with van der Waals surface area (Å²) in [6.07, 6.45) is 0. The first-order valence-corrected chi connectivity index (χ1v) is 12.0. The highest BCUT2D eigenvalue weighted by Gasteiger charge is 2.22. The summed E-state index contributed by atoms with van der Waals surface area (Å²) in [6, 6.07) is 26.4. The van der Waals surface area contributed by atoms with E-state index in [9.17, 15) is 4.79 Å². The molecule has 0 saturated heterocycles. The van der Waals surface area contributed by atoms with Crippen molar-refractivity contribution in [3.05, 3.63) is 100 Å². The van der Waals surface area contributed by atoms with Crippen molar-refractivity contribution in [1.29, 1.82) is 0 Å². The van der Waals surface area contributed by atoms with Gasteiger partial charge in [-0.25, -0.2) is 4.98 Å². The molecule has 1 amide bonds. The summed E-state index contributed by atoms with van der Waals surface area (Å²) in [4.78, 5) is 19.4. The minimum atomic E-state index is -0.219. The molecule has 0 unspecified atom stereocenters. The molecular formula is C29H25N3OS. The zero-order valence-electron chi connectivity index (χ0n) is 19.3. The smallest absolute Gasteiger partial charge is 0.267 e. The highest BCUT2D eigenvalue weighted by molar-refractivity contribution is 7.21. The number of amides is 1. The Labute approximate surface area is 203 Å². The van der Waals surface area contributed by atoms with Gasteiger partial charge in [0.25, 0.3) is 5.91 Å². The number of aryl methyl sites for hydroxylation is 3. The summed E-state index contributed by atoms with van der Waals surface area (Å²) in [6.45, 7) is 6.08. The predicted octanol–water partition coefficient (Wildman–Crippen LogP) is 7.39. The van der Waals surface area contributed by atoms with Crippen molar-refractivity contribution in [2.24, 2.45) is 0 Å². The fourth-order valence-electron chi connectivity index (χ4n) is 4.14. The number of pyridine rings is 1. The number of nitrogen functional groups attached to an aromatic ring is 1. The third kappa shape index (κ3) is 4.06. The molecule has 5 rings (SSSR count). The second-order valence-corrected chi connectivity index (χ2v) is 9.58. The highest BCUT2D eigenvalue weighted by Crippen LogP contribution is 2.41. The summed E-state index contributed by atoms with van der Waals surface area (Å²) in [7, 11) is 0. The molecule has 0 spiro atoms. The molecule has 168 valence electrons. The zero-order valence-corrected chi connectivity index (χ0v) is 20.2. The van der Waals surface area contributed by atoms with E-state index >= 15 is 0 Å². The van der Waals surface area contributed by atoms with Gasteiger partial charge >= 0.3 is 0 Å².